The number of esters is 2. The second-order valence-electron chi connectivity index (χ2n) is 4.42. The van der Waals surface area contributed by atoms with E-state index in [1.54, 1.807) is 13.8 Å². The highest BCUT2D eigenvalue weighted by Crippen LogP contribution is 2.08. The van der Waals surface area contributed by atoms with Crippen LogP contribution in [0.25, 0.3) is 0 Å². The lowest BCUT2D eigenvalue weighted by atomic mass is 10.3. The highest BCUT2D eigenvalue weighted by Gasteiger charge is 2.19. The van der Waals surface area contributed by atoms with Crippen molar-refractivity contribution in [2.75, 3.05) is 0 Å². The minimum absolute atomic E-state index is 0.0800. The third-order valence-corrected chi connectivity index (χ3v) is 2.77. The Morgan fingerprint density at radius 1 is 1.16 bits per heavy atom. The molecule has 2 atom stereocenters. The lowest BCUT2D eigenvalue weighted by Crippen LogP contribution is -2.15. The average molecular weight is 268 g/mol. The zero-order valence-electron chi connectivity index (χ0n) is 11.7. The Morgan fingerprint density at radius 2 is 1.68 bits per heavy atom. The van der Waals surface area contributed by atoms with Crippen molar-refractivity contribution in [2.24, 2.45) is 0 Å². The van der Waals surface area contributed by atoms with Gasteiger partial charge in [-0.1, -0.05) is 13.8 Å². The maximum absolute atomic E-state index is 11.7. The van der Waals surface area contributed by atoms with Crippen molar-refractivity contribution >= 4 is 11.9 Å². The highest BCUT2D eigenvalue weighted by atomic mass is 16.5. The first-order valence-corrected chi connectivity index (χ1v) is 6.45. The molecule has 0 fully saturated rings. The Labute approximate surface area is 112 Å². The summed E-state index contributed by atoms with van der Waals surface area (Å²) in [6.45, 7) is 7.42. The summed E-state index contributed by atoms with van der Waals surface area (Å²) in [4.78, 5) is 23.4. The van der Waals surface area contributed by atoms with E-state index in [1.807, 2.05) is 13.8 Å². The van der Waals surface area contributed by atoms with Crippen LogP contribution in [0.2, 0.25) is 0 Å². The molecule has 0 aliphatic rings. The number of aromatic nitrogens is 2. The molecule has 106 valence electrons. The van der Waals surface area contributed by atoms with E-state index in [1.165, 1.54) is 6.07 Å². The smallest absolute Gasteiger partial charge is 0.359 e. The molecule has 1 heterocycles. The van der Waals surface area contributed by atoms with Gasteiger partial charge in [-0.25, -0.2) is 9.59 Å². The second-order valence-corrected chi connectivity index (χ2v) is 4.42. The van der Waals surface area contributed by atoms with Gasteiger partial charge in [0.1, 0.15) is 5.69 Å². The van der Waals surface area contributed by atoms with Crippen LogP contribution in [0, 0.1) is 0 Å². The fraction of sp³-hybridized carbons (Fsp3) is 0.615. The second kappa shape index (κ2) is 6.92. The van der Waals surface area contributed by atoms with Crippen LogP contribution in [0.1, 0.15) is 61.5 Å². The lowest BCUT2D eigenvalue weighted by Gasteiger charge is -2.09. The molecule has 1 aromatic rings. The van der Waals surface area contributed by atoms with E-state index in [2.05, 4.69) is 10.2 Å². The van der Waals surface area contributed by atoms with Crippen LogP contribution in [0.15, 0.2) is 6.07 Å². The SMILES string of the molecule is CCC(C)OC(=O)c1cc(C(=O)OC(C)CC)[nH]n1. The predicted molar refractivity (Wildman–Crippen MR) is 68.9 cm³/mol. The van der Waals surface area contributed by atoms with Gasteiger partial charge in [0.15, 0.2) is 5.69 Å². The molecule has 6 nitrogen and oxygen atoms in total. The number of carbonyl (C=O) groups is 2. The number of carbonyl (C=O) groups excluding carboxylic acids is 2. The van der Waals surface area contributed by atoms with Gasteiger partial charge in [-0.15, -0.1) is 0 Å². The summed E-state index contributed by atoms with van der Waals surface area (Å²) in [7, 11) is 0. The molecule has 0 spiro atoms. The van der Waals surface area contributed by atoms with Crippen molar-refractivity contribution in [3.63, 3.8) is 0 Å². The molecule has 0 aromatic carbocycles. The maximum atomic E-state index is 11.7. The molecule has 6 heteroatoms. The molecule has 1 rings (SSSR count). The zero-order valence-corrected chi connectivity index (χ0v) is 11.7. The fourth-order valence-electron chi connectivity index (χ4n) is 1.19. The van der Waals surface area contributed by atoms with E-state index in [4.69, 9.17) is 9.47 Å². The summed E-state index contributed by atoms with van der Waals surface area (Å²) in [5.41, 5.74) is 0.229. The van der Waals surface area contributed by atoms with Gasteiger partial charge in [-0.2, -0.15) is 5.10 Å². The zero-order chi connectivity index (χ0) is 14.4. The van der Waals surface area contributed by atoms with Gasteiger partial charge in [0.2, 0.25) is 0 Å². The molecule has 1 aromatic heterocycles. The van der Waals surface area contributed by atoms with E-state index in [9.17, 15) is 9.59 Å². The van der Waals surface area contributed by atoms with Crippen LogP contribution in [-0.2, 0) is 9.47 Å². The molecule has 2 unspecified atom stereocenters. The van der Waals surface area contributed by atoms with Gasteiger partial charge in [-0.3, -0.25) is 5.10 Å². The minimum Gasteiger partial charge on any atom is -0.458 e. The first-order chi connectivity index (χ1) is 8.97. The van der Waals surface area contributed by atoms with Crippen molar-refractivity contribution < 1.29 is 19.1 Å². The van der Waals surface area contributed by atoms with E-state index >= 15 is 0 Å². The summed E-state index contributed by atoms with van der Waals surface area (Å²) in [5.74, 6) is -1.07. The van der Waals surface area contributed by atoms with E-state index < -0.39 is 11.9 Å². The van der Waals surface area contributed by atoms with Crippen molar-refractivity contribution in [1.82, 2.24) is 10.2 Å². The monoisotopic (exact) mass is 268 g/mol. The number of hydrogen-bond donors (Lipinski definition) is 1. The Kier molecular flexibility index (Phi) is 5.54. The van der Waals surface area contributed by atoms with Crippen molar-refractivity contribution in [3.8, 4) is 0 Å². The first kappa shape index (κ1) is 15.2. The Balaban J connectivity index is 2.66. The van der Waals surface area contributed by atoms with Crippen LogP contribution >= 0.6 is 0 Å². The molecular formula is C13H20N2O4. The largest absolute Gasteiger partial charge is 0.458 e. The van der Waals surface area contributed by atoms with Crippen LogP contribution < -0.4 is 0 Å². The van der Waals surface area contributed by atoms with Gasteiger partial charge in [0.25, 0.3) is 0 Å². The topological polar surface area (TPSA) is 81.3 Å². The minimum atomic E-state index is -0.548. The van der Waals surface area contributed by atoms with Crippen molar-refractivity contribution in [1.29, 1.82) is 0 Å². The van der Waals surface area contributed by atoms with Gasteiger partial charge in [-0.05, 0) is 26.7 Å². The summed E-state index contributed by atoms with van der Waals surface area (Å²) >= 11 is 0. The van der Waals surface area contributed by atoms with Crippen LogP contribution in [0.4, 0.5) is 0 Å². The number of nitrogens with zero attached hydrogens (tertiary/aromatic N) is 1. The molecule has 19 heavy (non-hydrogen) atoms. The molecule has 0 aliphatic carbocycles. The number of ether oxygens (including phenoxy) is 2. The van der Waals surface area contributed by atoms with Gasteiger partial charge in [0, 0.05) is 6.07 Å². The van der Waals surface area contributed by atoms with Crippen LogP contribution in [0.5, 0.6) is 0 Å². The maximum Gasteiger partial charge on any atom is 0.359 e. The predicted octanol–water partition coefficient (Wildman–Crippen LogP) is 2.32. The van der Waals surface area contributed by atoms with Crippen molar-refractivity contribution in [2.45, 2.75) is 52.7 Å². The molecule has 0 saturated heterocycles. The van der Waals surface area contributed by atoms with Gasteiger partial charge >= 0.3 is 11.9 Å². The van der Waals surface area contributed by atoms with Gasteiger partial charge in [0.05, 0.1) is 12.2 Å². The number of aromatic amines is 1. The number of rotatable bonds is 6. The molecule has 0 bridgehead atoms. The number of hydrogen-bond acceptors (Lipinski definition) is 5. The quantitative estimate of drug-likeness (QED) is 0.801. The summed E-state index contributed by atoms with van der Waals surface area (Å²) in [6.07, 6.45) is 1.09. The number of H-pyrrole nitrogens is 1. The van der Waals surface area contributed by atoms with E-state index in [0.29, 0.717) is 0 Å². The Hall–Kier alpha value is -1.85. The molecule has 0 radical (unpaired) electrons. The molecule has 1 N–H and O–H groups in total. The molecule has 0 aliphatic heterocycles. The summed E-state index contributed by atoms with van der Waals surface area (Å²) in [6, 6.07) is 1.34. The summed E-state index contributed by atoms with van der Waals surface area (Å²) < 4.78 is 10.2. The molecule has 0 amide bonds. The van der Waals surface area contributed by atoms with E-state index in [-0.39, 0.29) is 23.6 Å². The highest BCUT2D eigenvalue weighted by molar-refractivity contribution is 5.93. The first-order valence-electron chi connectivity index (χ1n) is 6.45. The molecular weight excluding hydrogens is 248 g/mol. The van der Waals surface area contributed by atoms with Crippen molar-refractivity contribution in [3.05, 3.63) is 17.5 Å². The lowest BCUT2D eigenvalue weighted by molar-refractivity contribution is 0.0321. The normalized spacial score (nSPS) is 13.7. The standard InChI is InChI=1S/C13H20N2O4/c1-5-8(3)18-12(16)10-7-11(15-14-10)13(17)19-9(4)6-2/h7-9H,5-6H2,1-4H3,(H,14,15). The Bertz CT molecular complexity index is 403. The average Bonchev–Trinajstić information content (AvgIpc) is 2.87. The van der Waals surface area contributed by atoms with E-state index in [0.717, 1.165) is 12.8 Å². The van der Waals surface area contributed by atoms with Gasteiger partial charge < -0.3 is 9.47 Å². The summed E-state index contributed by atoms with van der Waals surface area (Å²) in [5, 5.41) is 6.24. The fourth-order valence-corrected chi connectivity index (χ4v) is 1.19. The Morgan fingerprint density at radius 3 is 2.21 bits per heavy atom. The van der Waals surface area contributed by atoms with Crippen LogP contribution in [-0.4, -0.2) is 34.3 Å². The molecule has 0 saturated carbocycles. The van der Waals surface area contributed by atoms with Crippen LogP contribution in [0.3, 0.4) is 0 Å². The number of nitrogens with one attached hydrogen (secondary N) is 1. The third-order valence-electron chi connectivity index (χ3n) is 2.77. The third kappa shape index (κ3) is 4.39.